The molecule has 1 aliphatic carbocycles. The van der Waals surface area contributed by atoms with Crippen molar-refractivity contribution in [2.75, 3.05) is 6.54 Å². The van der Waals surface area contributed by atoms with Crippen LogP contribution in [-0.4, -0.2) is 34.5 Å². The van der Waals surface area contributed by atoms with Crippen LogP contribution in [-0.2, 0) is 9.59 Å². The fraction of sp³-hybridized carbons (Fsp3) is 0.692. The van der Waals surface area contributed by atoms with Crippen LogP contribution in [0.3, 0.4) is 0 Å². The average Bonchev–Trinajstić information content (AvgIpc) is 3.12. The molecule has 1 heterocycles. The van der Waals surface area contributed by atoms with Crippen LogP contribution < -0.4 is 0 Å². The Balaban J connectivity index is 2.05. The lowest BCUT2D eigenvalue weighted by molar-refractivity contribution is -0.150. The molecule has 2 rings (SSSR count). The van der Waals surface area contributed by atoms with E-state index in [0.29, 0.717) is 18.9 Å². The van der Waals surface area contributed by atoms with Gasteiger partial charge in [0.2, 0.25) is 5.91 Å². The van der Waals surface area contributed by atoms with Crippen LogP contribution >= 0.6 is 0 Å². The molecule has 17 heavy (non-hydrogen) atoms. The Morgan fingerprint density at radius 2 is 1.94 bits per heavy atom. The molecule has 0 radical (unpaired) electrons. The van der Waals surface area contributed by atoms with Gasteiger partial charge in [0, 0.05) is 12.6 Å². The van der Waals surface area contributed by atoms with E-state index in [2.05, 4.69) is 0 Å². The minimum Gasteiger partial charge on any atom is -0.480 e. The summed E-state index contributed by atoms with van der Waals surface area (Å²) in [7, 11) is 0. The quantitative estimate of drug-likeness (QED) is 0.761. The normalized spacial score (nSPS) is 25.8. The molecule has 1 amide bonds. The number of allylic oxidation sites excluding steroid dienone is 1. The Labute approximate surface area is 101 Å². The zero-order valence-electron chi connectivity index (χ0n) is 10.2. The van der Waals surface area contributed by atoms with Gasteiger partial charge in [-0.3, -0.25) is 4.79 Å². The van der Waals surface area contributed by atoms with Gasteiger partial charge in [0.25, 0.3) is 0 Å². The van der Waals surface area contributed by atoms with Gasteiger partial charge in [-0.25, -0.2) is 4.79 Å². The lowest BCUT2D eigenvalue weighted by atomic mass is 10.0. The van der Waals surface area contributed by atoms with E-state index in [-0.39, 0.29) is 5.91 Å². The topological polar surface area (TPSA) is 57.6 Å². The Bertz CT molecular complexity index is 358. The number of carboxylic acid groups (broad SMARTS) is 1. The van der Waals surface area contributed by atoms with Gasteiger partial charge < -0.3 is 10.0 Å². The van der Waals surface area contributed by atoms with Crippen LogP contribution in [0.15, 0.2) is 11.6 Å². The maximum atomic E-state index is 12.0. The number of carbonyl (C=O) groups is 2. The summed E-state index contributed by atoms with van der Waals surface area (Å²) in [4.78, 5) is 24.6. The second-order valence-electron chi connectivity index (χ2n) is 5.04. The molecule has 0 aromatic rings. The summed E-state index contributed by atoms with van der Waals surface area (Å²) in [5.41, 5.74) is 1.10. The lowest BCUT2D eigenvalue weighted by Gasteiger charge is -2.32. The number of likely N-dealkylation sites (tertiary alicyclic amines) is 1. The molecule has 4 heteroatoms. The van der Waals surface area contributed by atoms with Crippen molar-refractivity contribution in [2.24, 2.45) is 5.92 Å². The average molecular weight is 237 g/mol. The standard InChI is InChI=1S/C13H19NO3/c1-9(10-5-6-10)8-12(15)14-7-3-2-4-11(14)13(16)17/h8,10-11H,2-7H2,1H3,(H,16,17)/b9-8+. The summed E-state index contributed by atoms with van der Waals surface area (Å²) in [6, 6.07) is -0.625. The van der Waals surface area contributed by atoms with Crippen molar-refractivity contribution in [3.8, 4) is 0 Å². The van der Waals surface area contributed by atoms with E-state index in [1.165, 1.54) is 4.90 Å². The minimum absolute atomic E-state index is 0.124. The second-order valence-corrected chi connectivity index (χ2v) is 5.04. The van der Waals surface area contributed by atoms with Gasteiger partial charge in [-0.1, -0.05) is 5.57 Å². The first-order chi connectivity index (χ1) is 8.09. The summed E-state index contributed by atoms with van der Waals surface area (Å²) in [5, 5.41) is 9.10. The van der Waals surface area contributed by atoms with E-state index in [1.807, 2.05) is 6.92 Å². The lowest BCUT2D eigenvalue weighted by Crippen LogP contribution is -2.47. The third kappa shape index (κ3) is 2.87. The summed E-state index contributed by atoms with van der Waals surface area (Å²) >= 11 is 0. The Hall–Kier alpha value is -1.32. The van der Waals surface area contributed by atoms with E-state index in [4.69, 9.17) is 5.11 Å². The SMILES string of the molecule is C/C(=C\C(=O)N1CCCCC1C(=O)O)C1CC1. The zero-order valence-corrected chi connectivity index (χ0v) is 10.2. The third-order valence-corrected chi connectivity index (χ3v) is 3.64. The number of amides is 1. The molecule has 0 bridgehead atoms. The smallest absolute Gasteiger partial charge is 0.326 e. The molecule has 0 aromatic carbocycles. The number of carbonyl (C=O) groups excluding carboxylic acids is 1. The fourth-order valence-corrected chi connectivity index (χ4v) is 2.39. The summed E-state index contributed by atoms with van der Waals surface area (Å²) in [6.07, 6.45) is 6.35. The first kappa shape index (κ1) is 12.1. The van der Waals surface area contributed by atoms with Crippen molar-refractivity contribution in [3.63, 3.8) is 0 Å². The maximum absolute atomic E-state index is 12.0. The van der Waals surface area contributed by atoms with Crippen LogP contribution in [0, 0.1) is 5.92 Å². The molecule has 0 aromatic heterocycles. The van der Waals surface area contributed by atoms with E-state index >= 15 is 0 Å². The van der Waals surface area contributed by atoms with E-state index in [1.54, 1.807) is 6.08 Å². The molecule has 2 fully saturated rings. The predicted molar refractivity (Wildman–Crippen MR) is 63.5 cm³/mol. The van der Waals surface area contributed by atoms with Crippen LogP contribution in [0.1, 0.15) is 39.0 Å². The fourth-order valence-electron chi connectivity index (χ4n) is 2.39. The molecular formula is C13H19NO3. The highest BCUT2D eigenvalue weighted by molar-refractivity contribution is 5.92. The third-order valence-electron chi connectivity index (χ3n) is 3.64. The molecule has 1 atom stereocenters. The van der Waals surface area contributed by atoms with Crippen LogP contribution in [0.4, 0.5) is 0 Å². The maximum Gasteiger partial charge on any atom is 0.326 e. The number of carboxylic acids is 1. The zero-order chi connectivity index (χ0) is 12.4. The second kappa shape index (κ2) is 4.90. The van der Waals surface area contributed by atoms with Gasteiger partial charge in [-0.15, -0.1) is 0 Å². The van der Waals surface area contributed by atoms with Crippen LogP contribution in [0.5, 0.6) is 0 Å². The van der Waals surface area contributed by atoms with E-state index in [0.717, 1.165) is 31.3 Å². The summed E-state index contributed by atoms with van der Waals surface area (Å²) in [6.45, 7) is 2.54. The molecular weight excluding hydrogens is 218 g/mol. The van der Waals surface area contributed by atoms with Gasteiger partial charge in [-0.2, -0.15) is 0 Å². The molecule has 1 aliphatic heterocycles. The van der Waals surface area contributed by atoms with E-state index in [9.17, 15) is 9.59 Å². The van der Waals surface area contributed by atoms with Gasteiger partial charge in [0.15, 0.2) is 0 Å². The van der Waals surface area contributed by atoms with Gasteiger partial charge in [0.1, 0.15) is 6.04 Å². The number of nitrogens with zero attached hydrogens (tertiary/aromatic N) is 1. The molecule has 1 unspecified atom stereocenters. The van der Waals surface area contributed by atoms with Crippen molar-refractivity contribution in [3.05, 3.63) is 11.6 Å². The van der Waals surface area contributed by atoms with Gasteiger partial charge in [-0.05, 0) is 44.9 Å². The monoisotopic (exact) mass is 237 g/mol. The minimum atomic E-state index is -0.879. The van der Waals surface area contributed by atoms with Crippen LogP contribution in [0.2, 0.25) is 0 Å². The number of hydrogen-bond acceptors (Lipinski definition) is 2. The Kier molecular flexibility index (Phi) is 3.50. The number of piperidine rings is 1. The highest BCUT2D eigenvalue weighted by Crippen LogP contribution is 2.36. The number of aliphatic carboxylic acids is 1. The number of hydrogen-bond donors (Lipinski definition) is 1. The molecule has 1 N–H and O–H groups in total. The largest absolute Gasteiger partial charge is 0.480 e. The first-order valence-corrected chi connectivity index (χ1v) is 6.31. The van der Waals surface area contributed by atoms with Crippen LogP contribution in [0.25, 0.3) is 0 Å². The van der Waals surface area contributed by atoms with Crippen molar-refractivity contribution < 1.29 is 14.7 Å². The van der Waals surface area contributed by atoms with Crippen molar-refractivity contribution in [1.29, 1.82) is 0 Å². The molecule has 2 aliphatic rings. The molecule has 4 nitrogen and oxygen atoms in total. The Morgan fingerprint density at radius 1 is 1.24 bits per heavy atom. The summed E-state index contributed by atoms with van der Waals surface area (Å²) < 4.78 is 0. The predicted octanol–water partition coefficient (Wildman–Crippen LogP) is 1.81. The molecule has 1 saturated heterocycles. The number of rotatable bonds is 3. The molecule has 94 valence electrons. The first-order valence-electron chi connectivity index (χ1n) is 6.31. The van der Waals surface area contributed by atoms with Crippen molar-refractivity contribution >= 4 is 11.9 Å². The highest BCUT2D eigenvalue weighted by Gasteiger charge is 2.32. The molecule has 0 spiro atoms. The van der Waals surface area contributed by atoms with Gasteiger partial charge in [0.05, 0.1) is 0 Å². The van der Waals surface area contributed by atoms with Gasteiger partial charge >= 0.3 is 5.97 Å². The van der Waals surface area contributed by atoms with Crippen molar-refractivity contribution in [2.45, 2.75) is 45.1 Å². The summed E-state index contributed by atoms with van der Waals surface area (Å²) in [5.74, 6) is -0.441. The highest BCUT2D eigenvalue weighted by atomic mass is 16.4. The van der Waals surface area contributed by atoms with E-state index < -0.39 is 12.0 Å². The Morgan fingerprint density at radius 3 is 2.53 bits per heavy atom. The molecule has 1 saturated carbocycles. The van der Waals surface area contributed by atoms with Crippen molar-refractivity contribution in [1.82, 2.24) is 4.90 Å².